The van der Waals surface area contributed by atoms with E-state index >= 15 is 0 Å². The summed E-state index contributed by atoms with van der Waals surface area (Å²) in [5, 5.41) is 0. The Bertz CT molecular complexity index is 354. The van der Waals surface area contributed by atoms with E-state index in [0.717, 1.165) is 0 Å². The van der Waals surface area contributed by atoms with Crippen molar-refractivity contribution in [2.24, 2.45) is 0 Å². The van der Waals surface area contributed by atoms with Crippen molar-refractivity contribution in [2.75, 3.05) is 33.0 Å². The van der Waals surface area contributed by atoms with Gasteiger partial charge in [-0.05, 0) is 27.7 Å². The summed E-state index contributed by atoms with van der Waals surface area (Å²) in [6.45, 7) is 12.8. The molecule has 0 aromatic rings. The van der Waals surface area contributed by atoms with Crippen LogP contribution in [0.15, 0.2) is 12.8 Å². The monoisotopic (exact) mass is 366 g/mol. The summed E-state index contributed by atoms with van der Waals surface area (Å²) in [5.41, 5.74) is 0. The van der Waals surface area contributed by atoms with Gasteiger partial charge >= 0.3 is 5.97 Å². The van der Waals surface area contributed by atoms with Crippen LogP contribution in [0.2, 0.25) is 0 Å². The fourth-order valence-corrected chi connectivity index (χ4v) is 1.68. The normalized spacial score (nSPS) is 15.9. The van der Waals surface area contributed by atoms with Crippen LogP contribution in [0.4, 0.5) is 4.53 Å². The van der Waals surface area contributed by atoms with Crippen molar-refractivity contribution >= 4 is 5.97 Å². The minimum atomic E-state index is -0.948. The van der Waals surface area contributed by atoms with E-state index in [4.69, 9.17) is 23.7 Å². The van der Waals surface area contributed by atoms with Crippen LogP contribution in [0.5, 0.6) is 0 Å². The van der Waals surface area contributed by atoms with Crippen LogP contribution in [0, 0.1) is 0 Å². The minimum Gasteiger partial charge on any atom is -0.499 e. The highest BCUT2D eigenvalue weighted by Gasteiger charge is 2.12. The number of ether oxygens (including phenoxy) is 5. The number of halogens is 1. The maximum Gasteiger partial charge on any atom is 0.351 e. The second kappa shape index (κ2) is 15.1. The summed E-state index contributed by atoms with van der Waals surface area (Å²) in [6, 6.07) is 0. The highest BCUT2D eigenvalue weighted by atomic mass is 19.3. The zero-order valence-corrected chi connectivity index (χ0v) is 15.6. The molecule has 0 aromatic carbocycles. The average Bonchev–Trinajstić information content (AvgIpc) is 2.60. The third kappa shape index (κ3) is 14.8. The molecule has 148 valence electrons. The van der Waals surface area contributed by atoms with Crippen LogP contribution in [-0.4, -0.2) is 63.4 Å². The molecule has 25 heavy (non-hydrogen) atoms. The molecular formula is C17H31FO7. The van der Waals surface area contributed by atoms with E-state index in [1.165, 1.54) is 6.26 Å². The van der Waals surface area contributed by atoms with Gasteiger partial charge in [0.05, 0.1) is 63.5 Å². The molecule has 0 N–H and O–H groups in total. The fraction of sp³-hybridized carbons (Fsp3) is 0.824. The maximum absolute atomic E-state index is 11.5. The predicted octanol–water partition coefficient (Wildman–Crippen LogP) is 2.58. The van der Waals surface area contributed by atoms with Gasteiger partial charge in [0.25, 0.3) is 0 Å². The summed E-state index contributed by atoms with van der Waals surface area (Å²) in [7, 11) is 0. The number of hydrogen-bond donors (Lipinski definition) is 0. The largest absolute Gasteiger partial charge is 0.499 e. The third-order valence-corrected chi connectivity index (χ3v) is 3.09. The zero-order chi connectivity index (χ0) is 19.1. The van der Waals surface area contributed by atoms with E-state index in [1.54, 1.807) is 6.92 Å². The molecule has 0 amide bonds. The molecule has 0 saturated carbocycles. The lowest BCUT2D eigenvalue weighted by Crippen LogP contribution is -2.28. The first kappa shape index (κ1) is 23.8. The van der Waals surface area contributed by atoms with Crippen molar-refractivity contribution < 1.29 is 37.9 Å². The lowest BCUT2D eigenvalue weighted by atomic mass is 10.3. The number of carbonyl (C=O) groups excluding carboxylic acids is 1. The van der Waals surface area contributed by atoms with Gasteiger partial charge in [-0.15, -0.1) is 0 Å². The van der Waals surface area contributed by atoms with Crippen molar-refractivity contribution in [1.29, 1.82) is 0 Å². The van der Waals surface area contributed by atoms with Crippen LogP contribution >= 0.6 is 0 Å². The van der Waals surface area contributed by atoms with Crippen molar-refractivity contribution in [1.82, 2.24) is 0 Å². The summed E-state index contributed by atoms with van der Waals surface area (Å²) in [5.74, 6) is -0.948. The quantitative estimate of drug-likeness (QED) is 0.389. The zero-order valence-electron chi connectivity index (χ0n) is 15.6. The Morgan fingerprint density at radius 3 is 1.76 bits per heavy atom. The minimum absolute atomic E-state index is 0.0367. The summed E-state index contributed by atoms with van der Waals surface area (Å²) in [6.07, 6.45) is 0.805. The molecule has 0 aromatic heterocycles. The molecule has 0 bridgehead atoms. The molecule has 8 heteroatoms. The Balaban J connectivity index is 3.68. The average molecular weight is 366 g/mol. The number of hydrogen-bond acceptors (Lipinski definition) is 7. The molecule has 0 rings (SSSR count). The smallest absolute Gasteiger partial charge is 0.351 e. The first-order valence-electron chi connectivity index (χ1n) is 8.39. The van der Waals surface area contributed by atoms with Gasteiger partial charge in [-0.25, -0.2) is 4.79 Å². The Kier molecular flexibility index (Phi) is 14.3. The van der Waals surface area contributed by atoms with Gasteiger partial charge in [0, 0.05) is 4.53 Å². The number of carbonyl (C=O) groups is 1. The molecule has 4 atom stereocenters. The van der Waals surface area contributed by atoms with E-state index in [0.29, 0.717) is 26.4 Å². The van der Waals surface area contributed by atoms with Gasteiger partial charge in [0.15, 0.2) is 0 Å². The molecule has 0 radical (unpaired) electrons. The Morgan fingerprint density at radius 2 is 1.32 bits per heavy atom. The molecule has 0 aliphatic carbocycles. The van der Waals surface area contributed by atoms with Crippen LogP contribution in [-0.2, 0) is 33.4 Å². The maximum atomic E-state index is 11.5. The topological polar surface area (TPSA) is 72.5 Å². The highest BCUT2D eigenvalue weighted by Crippen LogP contribution is 2.03. The Labute approximate surface area is 149 Å². The molecule has 0 heterocycles. The Morgan fingerprint density at radius 1 is 0.880 bits per heavy atom. The first-order chi connectivity index (χ1) is 11.9. The van der Waals surface area contributed by atoms with E-state index in [1.807, 2.05) is 20.8 Å². The van der Waals surface area contributed by atoms with E-state index in [2.05, 4.69) is 11.5 Å². The van der Waals surface area contributed by atoms with Gasteiger partial charge < -0.3 is 23.7 Å². The molecule has 0 aliphatic rings. The molecular weight excluding hydrogens is 335 g/mol. The van der Waals surface area contributed by atoms with E-state index in [-0.39, 0.29) is 37.4 Å². The van der Waals surface area contributed by atoms with Crippen molar-refractivity contribution in [2.45, 2.75) is 58.5 Å². The van der Waals surface area contributed by atoms with Gasteiger partial charge in [0.1, 0.15) is 6.61 Å². The highest BCUT2D eigenvalue weighted by molar-refractivity contribution is 5.68. The lowest BCUT2D eigenvalue weighted by Gasteiger charge is -2.21. The number of rotatable bonds is 16. The molecule has 0 saturated heterocycles. The van der Waals surface area contributed by atoms with Gasteiger partial charge in [-0.2, -0.15) is 0 Å². The summed E-state index contributed by atoms with van der Waals surface area (Å²) < 4.78 is 38.7. The molecule has 4 unspecified atom stereocenters. The second-order valence-electron chi connectivity index (χ2n) is 5.81. The Hall–Kier alpha value is -1.22. The second-order valence-corrected chi connectivity index (χ2v) is 5.81. The summed E-state index contributed by atoms with van der Waals surface area (Å²) >= 11 is 0. The molecule has 0 aliphatic heterocycles. The first-order valence-corrected chi connectivity index (χ1v) is 8.39. The van der Waals surface area contributed by atoms with E-state index in [9.17, 15) is 9.32 Å². The van der Waals surface area contributed by atoms with Crippen molar-refractivity contribution in [3.63, 3.8) is 0 Å². The van der Waals surface area contributed by atoms with Gasteiger partial charge in [-0.3, -0.25) is 4.94 Å². The van der Waals surface area contributed by atoms with Crippen LogP contribution in [0.3, 0.4) is 0 Å². The third-order valence-electron chi connectivity index (χ3n) is 3.09. The van der Waals surface area contributed by atoms with Crippen molar-refractivity contribution in [3.05, 3.63) is 12.8 Å². The summed E-state index contributed by atoms with van der Waals surface area (Å²) in [4.78, 5) is 13.7. The van der Waals surface area contributed by atoms with Crippen LogP contribution < -0.4 is 0 Å². The standard InChI is InChI=1S/C17H31FO7/c1-6-20-9-13(2)22-11-15(4)24-12-16(5)23-10-14(3)21-8-7-17(19)25-18/h6,13-16H,1,7-12H2,2-5H3. The van der Waals surface area contributed by atoms with Crippen LogP contribution in [0.25, 0.3) is 0 Å². The van der Waals surface area contributed by atoms with Crippen LogP contribution in [0.1, 0.15) is 34.1 Å². The predicted molar refractivity (Wildman–Crippen MR) is 89.6 cm³/mol. The molecule has 0 spiro atoms. The molecule has 7 nitrogen and oxygen atoms in total. The van der Waals surface area contributed by atoms with Crippen molar-refractivity contribution in [3.8, 4) is 0 Å². The SMILES string of the molecule is C=COCC(C)OCC(C)OCC(C)OCC(C)OCCC(=O)OF. The molecule has 0 fully saturated rings. The lowest BCUT2D eigenvalue weighted by molar-refractivity contribution is -0.185. The van der Waals surface area contributed by atoms with Gasteiger partial charge in [-0.1, -0.05) is 6.58 Å². The van der Waals surface area contributed by atoms with Gasteiger partial charge in [0.2, 0.25) is 0 Å². The van der Waals surface area contributed by atoms with E-state index < -0.39 is 5.97 Å². The fourth-order valence-electron chi connectivity index (χ4n) is 1.68.